The van der Waals surface area contributed by atoms with E-state index in [1.54, 1.807) is 24.3 Å². The summed E-state index contributed by atoms with van der Waals surface area (Å²) in [6.45, 7) is 0. The fraction of sp³-hybridized carbons (Fsp3) is 0.125. The quantitative estimate of drug-likeness (QED) is 0.441. The van der Waals surface area contributed by atoms with Gasteiger partial charge in [0.25, 0.3) is 0 Å². The van der Waals surface area contributed by atoms with Crippen molar-refractivity contribution < 1.29 is 0 Å². The fourth-order valence-electron chi connectivity index (χ4n) is 0.863. The van der Waals surface area contributed by atoms with Crippen molar-refractivity contribution in [2.24, 2.45) is 5.18 Å². The molecule has 0 amide bonds. The van der Waals surface area contributed by atoms with E-state index in [0.29, 0.717) is 11.1 Å². The average Bonchev–Trinajstić information content (AvgIpc) is 2.16. The minimum atomic E-state index is -0.631. The minimum absolute atomic E-state index is 0.471. The Hall–Kier alpha value is -1.21. The van der Waals surface area contributed by atoms with Crippen LogP contribution in [0.2, 0.25) is 0 Å². The van der Waals surface area contributed by atoms with Gasteiger partial charge in [-0.15, -0.1) is 4.91 Å². The SMILES string of the molecule is N#Cc1ccccc1C(Br)N=O. The lowest BCUT2D eigenvalue weighted by molar-refractivity contribution is 1.03. The van der Waals surface area contributed by atoms with Crippen molar-refractivity contribution in [3.63, 3.8) is 0 Å². The molecule has 0 aromatic heterocycles. The van der Waals surface area contributed by atoms with Gasteiger partial charge in [-0.2, -0.15) is 5.26 Å². The number of nitroso groups, excluding NO2 is 1. The predicted molar refractivity (Wildman–Crippen MR) is 48.6 cm³/mol. The van der Waals surface area contributed by atoms with Gasteiger partial charge >= 0.3 is 0 Å². The van der Waals surface area contributed by atoms with E-state index in [9.17, 15) is 4.91 Å². The first-order chi connectivity index (χ1) is 5.79. The Morgan fingerprint density at radius 2 is 2.17 bits per heavy atom. The highest BCUT2D eigenvalue weighted by molar-refractivity contribution is 9.09. The average molecular weight is 225 g/mol. The summed E-state index contributed by atoms with van der Waals surface area (Å²) in [5.41, 5.74) is 1.08. The van der Waals surface area contributed by atoms with Crippen LogP contribution in [-0.4, -0.2) is 0 Å². The van der Waals surface area contributed by atoms with Gasteiger partial charge in [0.2, 0.25) is 0 Å². The van der Waals surface area contributed by atoms with Crippen LogP contribution >= 0.6 is 15.9 Å². The first kappa shape index (κ1) is 8.88. The van der Waals surface area contributed by atoms with Crippen LogP contribution in [0.3, 0.4) is 0 Å². The molecule has 1 aromatic rings. The summed E-state index contributed by atoms with van der Waals surface area (Å²) in [7, 11) is 0. The molecule has 0 radical (unpaired) electrons. The first-order valence-electron chi connectivity index (χ1n) is 3.25. The number of halogens is 1. The Morgan fingerprint density at radius 3 is 2.75 bits per heavy atom. The monoisotopic (exact) mass is 224 g/mol. The molecule has 12 heavy (non-hydrogen) atoms. The summed E-state index contributed by atoms with van der Waals surface area (Å²) in [5.74, 6) is 0. The molecule has 0 N–H and O–H groups in total. The number of hydrogen-bond donors (Lipinski definition) is 0. The second-order valence-corrected chi connectivity index (χ2v) is 3.01. The molecule has 0 spiro atoms. The molecule has 0 saturated carbocycles. The maximum atomic E-state index is 10.2. The molecular weight excluding hydrogens is 220 g/mol. The molecule has 0 fully saturated rings. The van der Waals surface area contributed by atoms with Gasteiger partial charge in [0.15, 0.2) is 4.95 Å². The maximum absolute atomic E-state index is 10.2. The zero-order valence-corrected chi connectivity index (χ0v) is 7.65. The van der Waals surface area contributed by atoms with Crippen LogP contribution in [0, 0.1) is 16.2 Å². The largest absolute Gasteiger partial charge is 0.192 e. The molecule has 3 nitrogen and oxygen atoms in total. The molecule has 1 rings (SSSR count). The summed E-state index contributed by atoms with van der Waals surface area (Å²) in [6, 6.07) is 8.83. The van der Waals surface area contributed by atoms with Crippen molar-refractivity contribution in [3.05, 3.63) is 40.3 Å². The molecule has 0 aliphatic heterocycles. The molecule has 60 valence electrons. The molecule has 4 heteroatoms. The Morgan fingerprint density at radius 1 is 1.50 bits per heavy atom. The Bertz CT molecular complexity index is 332. The van der Waals surface area contributed by atoms with E-state index in [0.717, 1.165) is 0 Å². The molecule has 0 heterocycles. The number of alkyl halides is 1. The zero-order chi connectivity index (χ0) is 8.97. The van der Waals surface area contributed by atoms with Crippen LogP contribution in [0.25, 0.3) is 0 Å². The van der Waals surface area contributed by atoms with Crippen molar-refractivity contribution in [2.45, 2.75) is 4.95 Å². The highest BCUT2D eigenvalue weighted by Gasteiger charge is 2.10. The van der Waals surface area contributed by atoms with Gasteiger partial charge in [-0.25, -0.2) is 0 Å². The van der Waals surface area contributed by atoms with E-state index in [1.807, 2.05) is 6.07 Å². The third-order valence-electron chi connectivity index (χ3n) is 1.43. The lowest BCUT2D eigenvalue weighted by Crippen LogP contribution is -1.89. The van der Waals surface area contributed by atoms with E-state index in [-0.39, 0.29) is 0 Å². The van der Waals surface area contributed by atoms with Crippen molar-refractivity contribution in [3.8, 4) is 6.07 Å². The van der Waals surface area contributed by atoms with Crippen LogP contribution in [0.4, 0.5) is 0 Å². The summed E-state index contributed by atoms with van der Waals surface area (Å²) in [5, 5.41) is 11.4. The number of nitriles is 1. The third-order valence-corrected chi connectivity index (χ3v) is 2.09. The lowest BCUT2D eigenvalue weighted by Gasteiger charge is -2.01. The highest BCUT2D eigenvalue weighted by atomic mass is 79.9. The van der Waals surface area contributed by atoms with Gasteiger partial charge in [-0.05, 0) is 11.2 Å². The molecule has 1 atom stereocenters. The summed E-state index contributed by atoms with van der Waals surface area (Å²) >= 11 is 3.05. The smallest absolute Gasteiger partial charge is 0.173 e. The van der Waals surface area contributed by atoms with Crippen molar-refractivity contribution in [2.75, 3.05) is 0 Å². The van der Waals surface area contributed by atoms with E-state index in [1.165, 1.54) is 0 Å². The number of benzene rings is 1. The minimum Gasteiger partial charge on any atom is -0.192 e. The number of rotatable bonds is 2. The number of hydrogen-bond acceptors (Lipinski definition) is 3. The predicted octanol–water partition coefficient (Wildman–Crippen LogP) is 2.72. The standard InChI is InChI=1S/C8H5BrN2O/c9-8(11-12)7-4-2-1-3-6(7)5-10/h1-4,8H. The van der Waals surface area contributed by atoms with Crippen molar-refractivity contribution in [1.82, 2.24) is 0 Å². The third kappa shape index (κ3) is 1.69. The molecule has 0 saturated heterocycles. The molecule has 0 aliphatic carbocycles. The van der Waals surface area contributed by atoms with Crippen LogP contribution in [-0.2, 0) is 0 Å². The van der Waals surface area contributed by atoms with Gasteiger partial charge in [0.1, 0.15) is 0 Å². The van der Waals surface area contributed by atoms with Crippen LogP contribution in [0.5, 0.6) is 0 Å². The van der Waals surface area contributed by atoms with Gasteiger partial charge in [-0.3, -0.25) is 0 Å². The molecule has 1 aromatic carbocycles. The molecule has 1 unspecified atom stereocenters. The summed E-state index contributed by atoms with van der Waals surface area (Å²) < 4.78 is 0. The van der Waals surface area contributed by atoms with Gasteiger partial charge in [-0.1, -0.05) is 34.1 Å². The van der Waals surface area contributed by atoms with Crippen molar-refractivity contribution in [1.29, 1.82) is 5.26 Å². The van der Waals surface area contributed by atoms with E-state index in [2.05, 4.69) is 21.1 Å². The van der Waals surface area contributed by atoms with Gasteiger partial charge in [0, 0.05) is 5.56 Å². The summed E-state index contributed by atoms with van der Waals surface area (Å²) in [4.78, 5) is 9.54. The van der Waals surface area contributed by atoms with Crippen LogP contribution < -0.4 is 0 Å². The van der Waals surface area contributed by atoms with E-state index >= 15 is 0 Å². The Kier molecular flexibility index (Phi) is 2.94. The Labute approximate surface area is 78.1 Å². The molecular formula is C8H5BrN2O. The van der Waals surface area contributed by atoms with Crippen LogP contribution in [0.15, 0.2) is 29.4 Å². The molecule has 0 aliphatic rings. The lowest BCUT2D eigenvalue weighted by atomic mass is 10.1. The maximum Gasteiger partial charge on any atom is 0.173 e. The highest BCUT2D eigenvalue weighted by Crippen LogP contribution is 2.26. The van der Waals surface area contributed by atoms with Crippen LogP contribution in [0.1, 0.15) is 16.1 Å². The second-order valence-electron chi connectivity index (χ2n) is 2.14. The van der Waals surface area contributed by atoms with Gasteiger partial charge in [0.05, 0.1) is 11.6 Å². The van der Waals surface area contributed by atoms with Crippen molar-refractivity contribution >= 4 is 15.9 Å². The van der Waals surface area contributed by atoms with Gasteiger partial charge < -0.3 is 0 Å². The zero-order valence-electron chi connectivity index (χ0n) is 6.07. The Balaban J connectivity index is 3.15. The second kappa shape index (κ2) is 3.98. The molecule has 0 bridgehead atoms. The summed E-state index contributed by atoms with van der Waals surface area (Å²) in [6.07, 6.45) is 0. The topological polar surface area (TPSA) is 53.2 Å². The first-order valence-corrected chi connectivity index (χ1v) is 4.16. The number of nitrogens with zero attached hydrogens (tertiary/aromatic N) is 2. The fourth-order valence-corrected chi connectivity index (χ4v) is 1.26. The van der Waals surface area contributed by atoms with E-state index < -0.39 is 4.95 Å². The van der Waals surface area contributed by atoms with E-state index in [4.69, 9.17) is 5.26 Å². The normalized spacial score (nSPS) is 11.7.